The fourth-order valence-corrected chi connectivity index (χ4v) is 4.64. The molecule has 0 aromatic heterocycles. The first kappa shape index (κ1) is 19.6. The Morgan fingerprint density at radius 1 is 1.26 bits per heavy atom. The van der Waals surface area contributed by atoms with Gasteiger partial charge in [-0.15, -0.1) is 0 Å². The van der Waals surface area contributed by atoms with Crippen LogP contribution in [0.3, 0.4) is 0 Å². The SMILES string of the molecule is CCS(=O)(=O)N1CCCC(CC(=O)Nc2cc3c(cc2C(C)=O)OCO3)C1. The Labute approximate surface area is 158 Å². The molecule has 2 aliphatic rings. The molecule has 0 aliphatic carbocycles. The monoisotopic (exact) mass is 396 g/mol. The van der Waals surface area contributed by atoms with E-state index < -0.39 is 10.0 Å². The summed E-state index contributed by atoms with van der Waals surface area (Å²) in [6, 6.07) is 3.15. The topological polar surface area (TPSA) is 102 Å². The second-order valence-electron chi connectivity index (χ2n) is 6.83. The van der Waals surface area contributed by atoms with Gasteiger partial charge in [0.2, 0.25) is 22.7 Å². The first-order valence-electron chi connectivity index (χ1n) is 9.02. The molecular formula is C18H24N2O6S. The van der Waals surface area contributed by atoms with E-state index in [-0.39, 0.29) is 36.6 Å². The lowest BCUT2D eigenvalue weighted by atomic mass is 9.95. The maximum Gasteiger partial charge on any atom is 0.231 e. The third-order valence-electron chi connectivity index (χ3n) is 4.88. The number of nitrogens with zero attached hydrogens (tertiary/aromatic N) is 1. The number of hydrogen-bond donors (Lipinski definition) is 1. The third-order valence-corrected chi connectivity index (χ3v) is 6.73. The Balaban J connectivity index is 1.68. The lowest BCUT2D eigenvalue weighted by Crippen LogP contribution is -2.41. The van der Waals surface area contributed by atoms with Crippen molar-refractivity contribution in [1.29, 1.82) is 0 Å². The van der Waals surface area contributed by atoms with Crippen LogP contribution < -0.4 is 14.8 Å². The highest BCUT2D eigenvalue weighted by atomic mass is 32.2. The fourth-order valence-electron chi connectivity index (χ4n) is 3.43. The van der Waals surface area contributed by atoms with Crippen LogP contribution in [-0.2, 0) is 14.8 Å². The second kappa shape index (κ2) is 7.85. The van der Waals surface area contributed by atoms with Gasteiger partial charge in [0.25, 0.3) is 0 Å². The minimum atomic E-state index is -3.25. The molecule has 1 amide bonds. The molecule has 0 saturated carbocycles. The zero-order valence-electron chi connectivity index (χ0n) is 15.5. The van der Waals surface area contributed by atoms with E-state index in [1.807, 2.05) is 0 Å². The normalized spacial score (nSPS) is 19.7. The van der Waals surface area contributed by atoms with Gasteiger partial charge in [-0.3, -0.25) is 9.59 Å². The Morgan fingerprint density at radius 3 is 2.63 bits per heavy atom. The van der Waals surface area contributed by atoms with E-state index in [4.69, 9.17) is 9.47 Å². The van der Waals surface area contributed by atoms with Gasteiger partial charge in [0.1, 0.15) is 0 Å². The molecule has 2 heterocycles. The minimum Gasteiger partial charge on any atom is -0.454 e. The van der Waals surface area contributed by atoms with E-state index in [1.165, 1.54) is 11.2 Å². The average molecular weight is 396 g/mol. The van der Waals surface area contributed by atoms with Gasteiger partial charge >= 0.3 is 0 Å². The quantitative estimate of drug-likeness (QED) is 0.738. The molecule has 1 atom stereocenters. The number of carbonyl (C=O) groups is 2. The number of carbonyl (C=O) groups excluding carboxylic acids is 2. The number of anilines is 1. The van der Waals surface area contributed by atoms with E-state index in [2.05, 4.69) is 5.32 Å². The van der Waals surface area contributed by atoms with Crippen molar-refractivity contribution < 1.29 is 27.5 Å². The molecule has 148 valence electrons. The highest BCUT2D eigenvalue weighted by Crippen LogP contribution is 2.37. The number of ether oxygens (including phenoxy) is 2. The van der Waals surface area contributed by atoms with Gasteiger partial charge in [0.05, 0.1) is 11.4 Å². The van der Waals surface area contributed by atoms with E-state index in [9.17, 15) is 18.0 Å². The van der Waals surface area contributed by atoms with Crippen molar-refractivity contribution in [3.05, 3.63) is 17.7 Å². The van der Waals surface area contributed by atoms with Crippen LogP contribution in [0.4, 0.5) is 5.69 Å². The Hall–Kier alpha value is -2.13. The van der Waals surface area contributed by atoms with Gasteiger partial charge in [0.15, 0.2) is 17.3 Å². The summed E-state index contributed by atoms with van der Waals surface area (Å²) in [4.78, 5) is 24.4. The first-order chi connectivity index (χ1) is 12.8. The largest absolute Gasteiger partial charge is 0.454 e. The third kappa shape index (κ3) is 4.41. The van der Waals surface area contributed by atoms with Crippen LogP contribution in [0.5, 0.6) is 11.5 Å². The lowest BCUT2D eigenvalue weighted by molar-refractivity contribution is -0.117. The van der Waals surface area contributed by atoms with Gasteiger partial charge in [-0.1, -0.05) is 0 Å². The first-order valence-corrected chi connectivity index (χ1v) is 10.6. The summed E-state index contributed by atoms with van der Waals surface area (Å²) in [5.74, 6) is 0.526. The number of benzene rings is 1. The second-order valence-corrected chi connectivity index (χ2v) is 9.08. The van der Waals surface area contributed by atoms with E-state index in [1.54, 1.807) is 19.1 Å². The number of ketones is 1. The predicted octanol–water partition coefficient (Wildman–Crippen LogP) is 2.01. The number of hydrogen-bond acceptors (Lipinski definition) is 6. The smallest absolute Gasteiger partial charge is 0.231 e. The van der Waals surface area contributed by atoms with Crippen LogP contribution in [-0.4, -0.2) is 50.0 Å². The van der Waals surface area contributed by atoms with Crippen molar-refractivity contribution >= 4 is 27.4 Å². The van der Waals surface area contributed by atoms with Crippen LogP contribution in [0, 0.1) is 5.92 Å². The van der Waals surface area contributed by atoms with Gasteiger partial charge in [-0.05, 0) is 38.7 Å². The van der Waals surface area contributed by atoms with Crippen molar-refractivity contribution in [2.45, 2.75) is 33.1 Å². The van der Waals surface area contributed by atoms with Crippen molar-refractivity contribution in [2.24, 2.45) is 5.92 Å². The fraction of sp³-hybridized carbons (Fsp3) is 0.556. The molecule has 8 nitrogen and oxygen atoms in total. The Bertz CT molecular complexity index is 852. The number of sulfonamides is 1. The van der Waals surface area contributed by atoms with E-state index >= 15 is 0 Å². The highest BCUT2D eigenvalue weighted by molar-refractivity contribution is 7.89. The Morgan fingerprint density at radius 2 is 1.96 bits per heavy atom. The molecule has 0 spiro atoms. The molecule has 1 unspecified atom stereocenters. The molecule has 1 aromatic carbocycles. The van der Waals surface area contributed by atoms with Crippen molar-refractivity contribution in [3.8, 4) is 11.5 Å². The maximum absolute atomic E-state index is 12.5. The van der Waals surface area contributed by atoms with E-state index in [0.29, 0.717) is 35.8 Å². The molecule has 3 rings (SSSR count). The Kier molecular flexibility index (Phi) is 5.71. The summed E-state index contributed by atoms with van der Waals surface area (Å²) in [6.07, 6.45) is 1.73. The highest BCUT2D eigenvalue weighted by Gasteiger charge is 2.29. The van der Waals surface area contributed by atoms with Gasteiger partial charge in [-0.25, -0.2) is 12.7 Å². The molecule has 1 saturated heterocycles. The molecular weight excluding hydrogens is 372 g/mol. The molecule has 1 aromatic rings. The number of piperidine rings is 1. The molecule has 0 bridgehead atoms. The van der Waals surface area contributed by atoms with Crippen molar-refractivity contribution in [3.63, 3.8) is 0 Å². The molecule has 0 radical (unpaired) electrons. The van der Waals surface area contributed by atoms with Crippen LogP contribution in [0.15, 0.2) is 12.1 Å². The summed E-state index contributed by atoms with van der Waals surface area (Å²) in [6.45, 7) is 3.97. The zero-order valence-corrected chi connectivity index (χ0v) is 16.3. The number of fused-ring (bicyclic) bond motifs is 1. The lowest BCUT2D eigenvalue weighted by Gasteiger charge is -2.31. The summed E-state index contributed by atoms with van der Waals surface area (Å²) < 4.78 is 36.2. The summed E-state index contributed by atoms with van der Waals surface area (Å²) in [5, 5.41) is 2.77. The van der Waals surface area contributed by atoms with Crippen molar-refractivity contribution in [1.82, 2.24) is 4.31 Å². The van der Waals surface area contributed by atoms with Gasteiger partial charge in [-0.2, -0.15) is 0 Å². The minimum absolute atomic E-state index is 0.0464. The van der Waals surface area contributed by atoms with Gasteiger partial charge in [0, 0.05) is 31.1 Å². The molecule has 1 N–H and O–H groups in total. The van der Waals surface area contributed by atoms with Gasteiger partial charge < -0.3 is 14.8 Å². The zero-order chi connectivity index (χ0) is 19.6. The summed E-state index contributed by atoms with van der Waals surface area (Å²) in [7, 11) is -3.25. The number of nitrogens with one attached hydrogen (secondary N) is 1. The number of Topliss-reactive ketones (excluding diaryl/α,β-unsaturated/α-hetero) is 1. The standard InChI is InChI=1S/C18H24N2O6S/c1-3-27(23,24)20-6-4-5-13(10-20)7-18(22)19-15-9-17-16(25-11-26-17)8-14(15)12(2)21/h8-9,13H,3-7,10-11H2,1-2H3,(H,19,22). The summed E-state index contributed by atoms with van der Waals surface area (Å²) in [5.41, 5.74) is 0.733. The van der Waals surface area contributed by atoms with Crippen molar-refractivity contribution in [2.75, 3.05) is 31.0 Å². The van der Waals surface area contributed by atoms with Crippen LogP contribution in [0.2, 0.25) is 0 Å². The maximum atomic E-state index is 12.5. The van der Waals surface area contributed by atoms with Crippen LogP contribution in [0.1, 0.15) is 43.5 Å². The number of rotatable bonds is 6. The predicted molar refractivity (Wildman–Crippen MR) is 99.6 cm³/mol. The van der Waals surface area contributed by atoms with Crippen LogP contribution >= 0.6 is 0 Å². The molecule has 27 heavy (non-hydrogen) atoms. The molecule has 9 heteroatoms. The molecule has 1 fully saturated rings. The van der Waals surface area contributed by atoms with Crippen LogP contribution in [0.25, 0.3) is 0 Å². The van der Waals surface area contributed by atoms with E-state index in [0.717, 1.165) is 12.8 Å². The number of amides is 1. The average Bonchev–Trinajstić information content (AvgIpc) is 3.08. The summed E-state index contributed by atoms with van der Waals surface area (Å²) >= 11 is 0. The molecule has 2 aliphatic heterocycles.